The molecule has 7 atom stereocenters. The van der Waals surface area contributed by atoms with E-state index in [1.807, 2.05) is 17.4 Å². The number of terminal acetylenes is 1. The van der Waals surface area contributed by atoms with Crippen LogP contribution in [0.4, 0.5) is 26.3 Å². The highest BCUT2D eigenvalue weighted by Crippen LogP contribution is 2.64. The van der Waals surface area contributed by atoms with Gasteiger partial charge in [-0.2, -0.15) is 26.3 Å². The molecule has 7 rings (SSSR count). The van der Waals surface area contributed by atoms with Crippen LogP contribution < -0.4 is 10.1 Å². The number of hydrogen-bond acceptors (Lipinski definition) is 6. The van der Waals surface area contributed by atoms with Crippen molar-refractivity contribution >= 4 is 22.8 Å². The monoisotopic (exact) mass is 757 g/mol. The van der Waals surface area contributed by atoms with E-state index in [-0.39, 0.29) is 29.2 Å². The highest BCUT2D eigenvalue weighted by molar-refractivity contribution is 5.87. The van der Waals surface area contributed by atoms with Gasteiger partial charge in [-0.3, -0.25) is 9.59 Å². The minimum absolute atomic E-state index is 0.108. The van der Waals surface area contributed by atoms with Crippen LogP contribution in [0.2, 0.25) is 0 Å². The number of aliphatic hydroxyl groups is 1. The molecule has 288 valence electrons. The second kappa shape index (κ2) is 14.2. The van der Waals surface area contributed by atoms with Crippen LogP contribution in [0.5, 0.6) is 5.75 Å². The lowest BCUT2D eigenvalue weighted by Crippen LogP contribution is -2.92. The Balaban J connectivity index is 1.04. The number of esters is 2. The molecule has 3 aliphatic carbocycles. The zero-order chi connectivity index (χ0) is 38.6. The van der Waals surface area contributed by atoms with Crippen LogP contribution in [0, 0.1) is 29.6 Å². The number of carbonyl (C=O) groups is 2. The first-order valence-corrected chi connectivity index (χ1v) is 18.7. The molecule has 0 spiro atoms. The molecule has 13 heteroatoms. The van der Waals surface area contributed by atoms with Crippen LogP contribution in [-0.2, 0) is 33.1 Å². The molecule has 4 aliphatic rings. The molecule has 0 amide bonds. The molecule has 7 nitrogen and oxygen atoms in total. The lowest BCUT2D eigenvalue weighted by atomic mass is 9.53. The number of nitrogens with zero attached hydrogens (tertiary/aromatic N) is 1. The number of nitrogens with two attached hydrogens (primary N) is 1. The van der Waals surface area contributed by atoms with Gasteiger partial charge in [0.25, 0.3) is 0 Å². The number of ether oxygens (including phenoxy) is 2. The number of pyridine rings is 1. The normalized spacial score (nSPS) is 28.6. The van der Waals surface area contributed by atoms with Gasteiger partial charge in [0.05, 0.1) is 30.5 Å². The van der Waals surface area contributed by atoms with E-state index >= 15 is 0 Å². The van der Waals surface area contributed by atoms with Crippen molar-refractivity contribution in [2.24, 2.45) is 17.3 Å². The lowest BCUT2D eigenvalue weighted by Gasteiger charge is -2.52. The Morgan fingerprint density at radius 3 is 2.46 bits per heavy atom. The van der Waals surface area contributed by atoms with E-state index < -0.39 is 58.8 Å². The van der Waals surface area contributed by atoms with Gasteiger partial charge in [0, 0.05) is 22.8 Å². The average molecular weight is 758 g/mol. The second-order valence-electron chi connectivity index (χ2n) is 15.6. The van der Waals surface area contributed by atoms with Gasteiger partial charge in [-0.15, -0.1) is 6.42 Å². The van der Waals surface area contributed by atoms with Crippen molar-refractivity contribution in [1.29, 1.82) is 0 Å². The van der Waals surface area contributed by atoms with Crippen LogP contribution >= 0.6 is 0 Å². The van der Waals surface area contributed by atoms with Gasteiger partial charge in [-0.1, -0.05) is 31.0 Å². The molecule has 0 bridgehead atoms. The molecule has 2 unspecified atom stereocenters. The summed E-state index contributed by atoms with van der Waals surface area (Å²) in [5.74, 6) is 2.64. The largest absolute Gasteiger partial charge is 0.451 e. The summed E-state index contributed by atoms with van der Waals surface area (Å²) in [7, 11) is 0. The molecule has 1 aromatic heterocycles. The molecule has 1 saturated heterocycles. The average Bonchev–Trinajstić information content (AvgIpc) is 3.42. The number of benzene rings is 2. The van der Waals surface area contributed by atoms with Gasteiger partial charge >= 0.3 is 24.3 Å². The zero-order valence-electron chi connectivity index (χ0n) is 29.9. The molecule has 0 radical (unpaired) electrons. The van der Waals surface area contributed by atoms with Gasteiger partial charge in [0.1, 0.15) is 23.1 Å². The molecule has 2 heterocycles. The van der Waals surface area contributed by atoms with E-state index in [0.717, 1.165) is 62.6 Å². The fourth-order valence-corrected chi connectivity index (χ4v) is 9.97. The highest BCUT2D eigenvalue weighted by Gasteiger charge is 2.61. The molecule has 2 aromatic carbocycles. The molecule has 3 aromatic rings. The Kier molecular flexibility index (Phi) is 10.0. The summed E-state index contributed by atoms with van der Waals surface area (Å²) in [6, 6.07) is 8.56. The number of quaternary nitrogens is 1. The summed E-state index contributed by atoms with van der Waals surface area (Å²) < 4.78 is 93.8. The number of aromatic nitrogens is 1. The first kappa shape index (κ1) is 38.1. The number of fused-ring (bicyclic) bond motifs is 6. The van der Waals surface area contributed by atoms with Crippen molar-refractivity contribution in [2.45, 2.75) is 114 Å². The van der Waals surface area contributed by atoms with Gasteiger partial charge < -0.3 is 19.9 Å². The molecular weight excluding hydrogens is 714 g/mol. The van der Waals surface area contributed by atoms with Crippen molar-refractivity contribution < 1.29 is 55.8 Å². The minimum atomic E-state index is -4.98. The molecule has 54 heavy (non-hydrogen) atoms. The molecule has 1 aliphatic heterocycles. The summed E-state index contributed by atoms with van der Waals surface area (Å²) in [4.78, 5) is 29.6. The van der Waals surface area contributed by atoms with E-state index in [1.54, 1.807) is 6.07 Å². The van der Waals surface area contributed by atoms with Crippen LogP contribution in [-0.4, -0.2) is 40.2 Å². The molecule has 3 N–H and O–H groups in total. The quantitative estimate of drug-likeness (QED) is 0.112. The van der Waals surface area contributed by atoms with E-state index in [9.17, 15) is 41.0 Å². The maximum atomic E-state index is 13.9. The third-order valence-corrected chi connectivity index (χ3v) is 12.8. The van der Waals surface area contributed by atoms with Crippen molar-refractivity contribution in [1.82, 2.24) is 4.98 Å². The molecule has 3 fully saturated rings. The fourth-order valence-electron chi connectivity index (χ4n) is 9.97. The Morgan fingerprint density at radius 1 is 0.981 bits per heavy atom. The van der Waals surface area contributed by atoms with Crippen molar-refractivity contribution in [2.75, 3.05) is 6.54 Å². The summed E-state index contributed by atoms with van der Waals surface area (Å²) >= 11 is 0. The third kappa shape index (κ3) is 6.96. The topological polar surface area (TPSA) is 102 Å². The maximum absolute atomic E-state index is 13.9. The standard InChI is InChI=1S/C41H42F6N2O5/c1-3-39(52)20-18-30-27-9-7-23-22-24(8-10-25(23)26(27)17-19-38(30,39)2)53-34(50)15-16-35(51)54-37(32-6-4-5-21-48-32)29-11-13-31(40(42,43)44)36-28(29)12-14-33(49-36)41(45,46)47/h1,8,10-14,22,26-27,30,32,37,48,52H,4-7,9,15-21H2,2H3/p+1/t26-,27-,30+,32?,37?,38+,39+/m1/s1. The van der Waals surface area contributed by atoms with Gasteiger partial charge in [-0.05, 0) is 105 Å². The number of alkyl halides is 6. The predicted molar refractivity (Wildman–Crippen MR) is 185 cm³/mol. The van der Waals surface area contributed by atoms with Crippen LogP contribution in [0.3, 0.4) is 0 Å². The van der Waals surface area contributed by atoms with E-state index in [4.69, 9.17) is 15.9 Å². The Morgan fingerprint density at radius 2 is 1.76 bits per heavy atom. The van der Waals surface area contributed by atoms with E-state index in [2.05, 4.69) is 17.8 Å². The smallest absolute Gasteiger partial charge is 0.433 e. The summed E-state index contributed by atoms with van der Waals surface area (Å²) in [6.07, 6.45) is 1.17. The molecular formula is C41H43F6N2O5+. The minimum Gasteiger partial charge on any atom is -0.451 e. The number of piperidine rings is 1. The van der Waals surface area contributed by atoms with Crippen LogP contribution in [0.1, 0.15) is 111 Å². The van der Waals surface area contributed by atoms with Gasteiger partial charge in [0.2, 0.25) is 0 Å². The number of hydrogen-bond donors (Lipinski definition) is 2. The summed E-state index contributed by atoms with van der Waals surface area (Å²) in [6.45, 7) is 2.80. The Hall–Kier alpha value is -4.15. The van der Waals surface area contributed by atoms with Crippen LogP contribution in [0.15, 0.2) is 42.5 Å². The maximum Gasteiger partial charge on any atom is 0.433 e. The van der Waals surface area contributed by atoms with E-state index in [1.165, 1.54) is 5.56 Å². The Bertz CT molecular complexity index is 1990. The van der Waals surface area contributed by atoms with Crippen molar-refractivity contribution in [3.8, 4) is 18.1 Å². The fraction of sp³-hybridized carbons (Fsp3) is 0.537. The predicted octanol–water partition coefficient (Wildman–Crippen LogP) is 7.58. The van der Waals surface area contributed by atoms with Crippen LogP contribution in [0.25, 0.3) is 10.9 Å². The van der Waals surface area contributed by atoms with Gasteiger partial charge in [-0.25, -0.2) is 4.98 Å². The second-order valence-corrected chi connectivity index (χ2v) is 15.6. The first-order chi connectivity index (χ1) is 25.5. The summed E-state index contributed by atoms with van der Waals surface area (Å²) in [5.41, 5.74) is -2.65. The third-order valence-electron chi connectivity index (χ3n) is 12.8. The first-order valence-electron chi connectivity index (χ1n) is 18.7. The SMILES string of the molecule is C#C[C@]1(O)CC[C@H]2[C@@H]3CCc4cc(OC(=O)CCC(=O)OC(c5ccc(C(F)(F)F)c6nc(C(F)(F)F)ccc56)C5CCCC[NH2+]5)ccc4[C@H]3CC[C@@]21C. The zero-order valence-corrected chi connectivity index (χ0v) is 29.9. The van der Waals surface area contributed by atoms with Crippen molar-refractivity contribution in [3.63, 3.8) is 0 Å². The number of rotatable bonds is 7. The Labute approximate surface area is 309 Å². The number of carbonyl (C=O) groups excluding carboxylic acids is 2. The van der Waals surface area contributed by atoms with Gasteiger partial charge in [0.15, 0.2) is 6.10 Å². The highest BCUT2D eigenvalue weighted by atomic mass is 19.4. The van der Waals surface area contributed by atoms with Crippen molar-refractivity contribution in [3.05, 3.63) is 70.4 Å². The number of aryl methyl sites for hydroxylation is 1. The summed E-state index contributed by atoms with van der Waals surface area (Å²) in [5, 5.41) is 12.9. The molecule has 2 saturated carbocycles. The van der Waals surface area contributed by atoms with E-state index in [0.29, 0.717) is 55.0 Å². The number of halogens is 6. The lowest BCUT2D eigenvalue weighted by molar-refractivity contribution is -0.705.